The summed E-state index contributed by atoms with van der Waals surface area (Å²) in [5.74, 6) is 0.337. The molecule has 5 nitrogen and oxygen atoms in total. The SMILES string of the molecule is CC(c1nccc(CCN)n1)S(C)(=O)=O. The molecule has 0 aromatic carbocycles. The van der Waals surface area contributed by atoms with Gasteiger partial charge in [0.05, 0.1) is 0 Å². The van der Waals surface area contributed by atoms with Crippen LogP contribution in [-0.4, -0.2) is 31.2 Å². The van der Waals surface area contributed by atoms with Gasteiger partial charge in [-0.15, -0.1) is 0 Å². The molecule has 0 bridgehead atoms. The van der Waals surface area contributed by atoms with Gasteiger partial charge in [0.15, 0.2) is 9.84 Å². The molecular formula is C9H15N3O2S. The van der Waals surface area contributed by atoms with Crippen molar-refractivity contribution in [3.05, 3.63) is 23.8 Å². The van der Waals surface area contributed by atoms with E-state index in [0.717, 1.165) is 5.69 Å². The Morgan fingerprint density at radius 1 is 1.53 bits per heavy atom. The fourth-order valence-electron chi connectivity index (χ4n) is 1.09. The minimum atomic E-state index is -3.14. The molecule has 6 heteroatoms. The largest absolute Gasteiger partial charge is 0.330 e. The molecule has 0 fully saturated rings. The van der Waals surface area contributed by atoms with Crippen molar-refractivity contribution in [2.45, 2.75) is 18.6 Å². The van der Waals surface area contributed by atoms with Gasteiger partial charge in [-0.3, -0.25) is 0 Å². The van der Waals surface area contributed by atoms with E-state index in [9.17, 15) is 8.42 Å². The molecule has 1 unspecified atom stereocenters. The van der Waals surface area contributed by atoms with E-state index in [0.29, 0.717) is 18.8 Å². The smallest absolute Gasteiger partial charge is 0.157 e. The summed E-state index contributed by atoms with van der Waals surface area (Å²) < 4.78 is 22.6. The lowest BCUT2D eigenvalue weighted by Gasteiger charge is -2.08. The first-order valence-corrected chi connectivity index (χ1v) is 6.61. The Labute approximate surface area is 89.7 Å². The molecule has 84 valence electrons. The molecule has 1 atom stereocenters. The number of nitrogens with zero attached hydrogens (tertiary/aromatic N) is 2. The second-order valence-corrected chi connectivity index (χ2v) is 5.78. The molecule has 0 amide bonds. The van der Waals surface area contributed by atoms with Gasteiger partial charge in [0.1, 0.15) is 11.1 Å². The van der Waals surface area contributed by atoms with E-state index >= 15 is 0 Å². The Kier molecular flexibility index (Phi) is 3.76. The molecule has 2 N–H and O–H groups in total. The molecule has 1 rings (SSSR count). The Morgan fingerprint density at radius 3 is 2.73 bits per heavy atom. The van der Waals surface area contributed by atoms with Gasteiger partial charge in [-0.1, -0.05) is 0 Å². The zero-order chi connectivity index (χ0) is 11.5. The normalized spacial score (nSPS) is 13.8. The fourth-order valence-corrected chi connectivity index (χ4v) is 1.58. The standard InChI is InChI=1S/C9H15N3O2S/c1-7(15(2,13)14)9-11-6-4-8(12-9)3-5-10/h4,6-7H,3,5,10H2,1-2H3. The molecule has 15 heavy (non-hydrogen) atoms. The maximum atomic E-state index is 11.3. The predicted molar refractivity (Wildman–Crippen MR) is 58.0 cm³/mol. The van der Waals surface area contributed by atoms with Crippen LogP contribution in [0.3, 0.4) is 0 Å². The summed E-state index contributed by atoms with van der Waals surface area (Å²) in [6, 6.07) is 1.74. The van der Waals surface area contributed by atoms with Crippen molar-refractivity contribution in [3.63, 3.8) is 0 Å². The molecule has 1 aromatic rings. The van der Waals surface area contributed by atoms with Crippen molar-refractivity contribution >= 4 is 9.84 Å². The fraction of sp³-hybridized carbons (Fsp3) is 0.556. The summed E-state index contributed by atoms with van der Waals surface area (Å²) in [4.78, 5) is 8.12. The third-order valence-electron chi connectivity index (χ3n) is 2.14. The first-order valence-electron chi connectivity index (χ1n) is 4.66. The number of sulfone groups is 1. The van der Waals surface area contributed by atoms with Crippen molar-refractivity contribution in [1.29, 1.82) is 0 Å². The summed E-state index contributed by atoms with van der Waals surface area (Å²) in [5, 5.41) is -0.671. The summed E-state index contributed by atoms with van der Waals surface area (Å²) in [7, 11) is -3.14. The number of nitrogens with two attached hydrogens (primary N) is 1. The van der Waals surface area contributed by atoms with Crippen molar-refractivity contribution in [3.8, 4) is 0 Å². The lowest BCUT2D eigenvalue weighted by Crippen LogP contribution is -2.13. The number of rotatable bonds is 4. The van der Waals surface area contributed by atoms with Gasteiger partial charge in [0.25, 0.3) is 0 Å². The van der Waals surface area contributed by atoms with E-state index in [1.54, 1.807) is 19.2 Å². The summed E-state index contributed by atoms with van der Waals surface area (Å²) >= 11 is 0. The lowest BCUT2D eigenvalue weighted by molar-refractivity contribution is 0.588. The highest BCUT2D eigenvalue weighted by molar-refractivity contribution is 7.90. The first-order chi connectivity index (χ1) is 6.95. The van der Waals surface area contributed by atoms with Crippen molar-refractivity contribution < 1.29 is 8.42 Å². The zero-order valence-corrected chi connectivity index (χ0v) is 9.66. The number of hydrogen-bond acceptors (Lipinski definition) is 5. The van der Waals surface area contributed by atoms with Gasteiger partial charge in [-0.05, 0) is 19.5 Å². The van der Waals surface area contributed by atoms with Crippen LogP contribution in [0.15, 0.2) is 12.3 Å². The topological polar surface area (TPSA) is 85.9 Å². The Morgan fingerprint density at radius 2 is 2.20 bits per heavy atom. The van der Waals surface area contributed by atoms with Crippen molar-refractivity contribution in [2.24, 2.45) is 5.73 Å². The maximum Gasteiger partial charge on any atom is 0.157 e. The van der Waals surface area contributed by atoms with Gasteiger partial charge in [-0.2, -0.15) is 0 Å². The third-order valence-corrected chi connectivity index (χ3v) is 3.63. The van der Waals surface area contributed by atoms with Crippen molar-refractivity contribution in [2.75, 3.05) is 12.8 Å². The third kappa shape index (κ3) is 3.24. The predicted octanol–water partition coefficient (Wildman–Crippen LogP) is 0.0834. The lowest BCUT2D eigenvalue weighted by atomic mass is 10.3. The molecule has 0 saturated heterocycles. The van der Waals surface area contributed by atoms with Crippen LogP contribution in [0.25, 0.3) is 0 Å². The molecular weight excluding hydrogens is 214 g/mol. The highest BCUT2D eigenvalue weighted by Gasteiger charge is 2.19. The van der Waals surface area contributed by atoms with E-state index < -0.39 is 15.1 Å². The highest BCUT2D eigenvalue weighted by atomic mass is 32.2. The van der Waals surface area contributed by atoms with E-state index in [-0.39, 0.29) is 0 Å². The van der Waals surface area contributed by atoms with Crippen LogP contribution in [0, 0.1) is 0 Å². The molecule has 0 aliphatic heterocycles. The molecule has 1 aromatic heterocycles. The molecule has 0 aliphatic rings. The van der Waals surface area contributed by atoms with Gasteiger partial charge in [-0.25, -0.2) is 18.4 Å². The van der Waals surface area contributed by atoms with Crippen LogP contribution in [0.5, 0.6) is 0 Å². The monoisotopic (exact) mass is 229 g/mol. The number of hydrogen-bond donors (Lipinski definition) is 1. The van der Waals surface area contributed by atoms with Crippen LogP contribution < -0.4 is 5.73 Å². The Balaban J connectivity index is 3.00. The minimum absolute atomic E-state index is 0.337. The molecule has 0 radical (unpaired) electrons. The average molecular weight is 229 g/mol. The molecule has 0 spiro atoms. The maximum absolute atomic E-state index is 11.3. The molecule has 0 aliphatic carbocycles. The number of aromatic nitrogens is 2. The molecule has 0 saturated carbocycles. The van der Waals surface area contributed by atoms with E-state index in [1.807, 2.05) is 0 Å². The van der Waals surface area contributed by atoms with E-state index in [4.69, 9.17) is 5.73 Å². The second-order valence-electron chi connectivity index (χ2n) is 3.42. The van der Waals surface area contributed by atoms with E-state index in [2.05, 4.69) is 9.97 Å². The van der Waals surface area contributed by atoms with Crippen LogP contribution in [0.1, 0.15) is 23.7 Å². The first kappa shape index (κ1) is 12.1. The summed E-state index contributed by atoms with van der Waals surface area (Å²) in [5.41, 5.74) is 6.17. The summed E-state index contributed by atoms with van der Waals surface area (Å²) in [6.45, 7) is 2.07. The quantitative estimate of drug-likeness (QED) is 0.790. The van der Waals surface area contributed by atoms with E-state index in [1.165, 1.54) is 6.26 Å². The van der Waals surface area contributed by atoms with Gasteiger partial charge in [0.2, 0.25) is 0 Å². The van der Waals surface area contributed by atoms with Crippen LogP contribution in [0.2, 0.25) is 0 Å². The highest BCUT2D eigenvalue weighted by Crippen LogP contribution is 2.16. The minimum Gasteiger partial charge on any atom is -0.330 e. The average Bonchev–Trinajstić information content (AvgIpc) is 2.16. The zero-order valence-electron chi connectivity index (χ0n) is 8.84. The Hall–Kier alpha value is -1.01. The molecule has 1 heterocycles. The van der Waals surface area contributed by atoms with Crippen LogP contribution in [-0.2, 0) is 16.3 Å². The van der Waals surface area contributed by atoms with Crippen LogP contribution in [0.4, 0.5) is 0 Å². The Bertz CT molecular complexity index is 431. The van der Waals surface area contributed by atoms with Crippen LogP contribution >= 0.6 is 0 Å². The summed E-state index contributed by atoms with van der Waals surface area (Å²) in [6.07, 6.45) is 3.37. The van der Waals surface area contributed by atoms with Gasteiger partial charge >= 0.3 is 0 Å². The second kappa shape index (κ2) is 4.67. The van der Waals surface area contributed by atoms with Gasteiger partial charge in [0, 0.05) is 24.6 Å². The van der Waals surface area contributed by atoms with Crippen molar-refractivity contribution in [1.82, 2.24) is 9.97 Å². The van der Waals surface area contributed by atoms with Gasteiger partial charge < -0.3 is 5.73 Å².